The van der Waals surface area contributed by atoms with E-state index in [1.165, 1.54) is 0 Å². The highest BCUT2D eigenvalue weighted by atomic mass is 19.1. The van der Waals surface area contributed by atoms with Crippen molar-refractivity contribution in [2.75, 3.05) is 5.32 Å². The number of aliphatic hydroxyl groups is 1. The standard InChI is InChI=1S/C26H26FN5O/c1-14-21(18-9-7-8-17-16(13-28-22(17)18)10-11-25(3,4)33)19(27)12-20-23(14)32-15(2)30-31-24(32)26(5,6)29-20/h7-9,12-13,28-29,33H,1-6H3. The molecule has 0 aliphatic carbocycles. The molecule has 0 fully saturated rings. The van der Waals surface area contributed by atoms with Crippen molar-refractivity contribution >= 4 is 16.6 Å². The number of nitrogens with one attached hydrogen (secondary N) is 2. The van der Waals surface area contributed by atoms with E-state index in [4.69, 9.17) is 0 Å². The Morgan fingerprint density at radius 2 is 1.94 bits per heavy atom. The minimum absolute atomic E-state index is 0.310. The second-order valence-corrected chi connectivity index (χ2v) is 9.65. The van der Waals surface area contributed by atoms with E-state index in [0.29, 0.717) is 11.3 Å². The van der Waals surface area contributed by atoms with Gasteiger partial charge >= 0.3 is 0 Å². The van der Waals surface area contributed by atoms with Gasteiger partial charge in [-0.25, -0.2) is 4.39 Å². The van der Waals surface area contributed by atoms with Crippen molar-refractivity contribution in [2.24, 2.45) is 0 Å². The molecule has 7 heteroatoms. The third-order valence-corrected chi connectivity index (χ3v) is 6.04. The quantitative estimate of drug-likeness (QED) is 0.364. The number of hydrogen-bond donors (Lipinski definition) is 3. The Morgan fingerprint density at radius 1 is 1.18 bits per heavy atom. The zero-order valence-electron chi connectivity index (χ0n) is 19.6. The summed E-state index contributed by atoms with van der Waals surface area (Å²) in [5.41, 5.74) is 3.60. The highest BCUT2D eigenvalue weighted by Crippen LogP contribution is 2.44. The van der Waals surface area contributed by atoms with Crippen LogP contribution in [0.3, 0.4) is 0 Å². The van der Waals surface area contributed by atoms with E-state index in [9.17, 15) is 5.11 Å². The van der Waals surface area contributed by atoms with Crippen molar-refractivity contribution in [2.45, 2.75) is 52.7 Å². The van der Waals surface area contributed by atoms with Crippen LogP contribution in [0.5, 0.6) is 0 Å². The number of fused-ring (bicyclic) bond motifs is 4. The van der Waals surface area contributed by atoms with Gasteiger partial charge in [0, 0.05) is 28.3 Å². The van der Waals surface area contributed by atoms with Gasteiger partial charge in [0.1, 0.15) is 17.2 Å². The molecule has 4 aromatic rings. The third-order valence-electron chi connectivity index (χ3n) is 6.04. The van der Waals surface area contributed by atoms with Gasteiger partial charge in [0.05, 0.1) is 22.4 Å². The molecular weight excluding hydrogens is 417 g/mol. The fourth-order valence-electron chi connectivity index (χ4n) is 4.59. The maximum absolute atomic E-state index is 15.7. The predicted molar refractivity (Wildman–Crippen MR) is 128 cm³/mol. The molecule has 0 saturated carbocycles. The van der Waals surface area contributed by atoms with E-state index in [1.54, 1.807) is 26.1 Å². The maximum Gasteiger partial charge on any atom is 0.162 e. The molecule has 1 aliphatic rings. The molecule has 5 rings (SSSR count). The summed E-state index contributed by atoms with van der Waals surface area (Å²) in [6.07, 6.45) is 1.80. The summed E-state index contributed by atoms with van der Waals surface area (Å²) in [6, 6.07) is 7.31. The summed E-state index contributed by atoms with van der Waals surface area (Å²) in [4.78, 5) is 3.27. The Kier molecular flexibility index (Phi) is 4.46. The molecular formula is C26H26FN5O. The number of aromatic amines is 1. The Bertz CT molecular complexity index is 1490. The zero-order valence-corrected chi connectivity index (χ0v) is 19.6. The van der Waals surface area contributed by atoms with Crippen molar-refractivity contribution in [3.63, 3.8) is 0 Å². The van der Waals surface area contributed by atoms with Crippen LogP contribution in [0.1, 0.15) is 50.5 Å². The van der Waals surface area contributed by atoms with Crippen LogP contribution in [0.15, 0.2) is 30.5 Å². The van der Waals surface area contributed by atoms with Crippen LogP contribution >= 0.6 is 0 Å². The van der Waals surface area contributed by atoms with Gasteiger partial charge in [0.15, 0.2) is 5.82 Å². The van der Waals surface area contributed by atoms with E-state index < -0.39 is 11.1 Å². The molecule has 3 heterocycles. The van der Waals surface area contributed by atoms with Gasteiger partial charge in [-0.1, -0.05) is 30.0 Å². The number of halogens is 1. The number of hydrogen-bond acceptors (Lipinski definition) is 4. The number of nitrogens with zero attached hydrogens (tertiary/aromatic N) is 3. The van der Waals surface area contributed by atoms with Gasteiger partial charge in [0.2, 0.25) is 0 Å². The number of H-pyrrole nitrogens is 1. The average molecular weight is 444 g/mol. The summed E-state index contributed by atoms with van der Waals surface area (Å²) < 4.78 is 17.7. The molecule has 33 heavy (non-hydrogen) atoms. The molecule has 0 amide bonds. The number of rotatable bonds is 1. The zero-order chi connectivity index (χ0) is 23.7. The summed E-state index contributed by atoms with van der Waals surface area (Å²) in [5, 5.41) is 22.9. The highest BCUT2D eigenvalue weighted by Gasteiger charge is 2.36. The first-order chi connectivity index (χ1) is 15.5. The lowest BCUT2D eigenvalue weighted by Gasteiger charge is -2.35. The minimum Gasteiger partial charge on any atom is -0.378 e. The van der Waals surface area contributed by atoms with Crippen LogP contribution in [0.25, 0.3) is 27.7 Å². The molecule has 2 aromatic heterocycles. The van der Waals surface area contributed by atoms with Gasteiger partial charge in [-0.2, -0.15) is 0 Å². The summed E-state index contributed by atoms with van der Waals surface area (Å²) in [5.74, 6) is 7.11. The molecule has 0 spiro atoms. The molecule has 6 nitrogen and oxygen atoms in total. The number of aryl methyl sites for hydroxylation is 1. The van der Waals surface area contributed by atoms with Crippen LogP contribution in [-0.2, 0) is 5.54 Å². The van der Waals surface area contributed by atoms with E-state index in [-0.39, 0.29) is 5.82 Å². The molecule has 0 bridgehead atoms. The van der Waals surface area contributed by atoms with Crippen molar-refractivity contribution in [1.82, 2.24) is 19.7 Å². The first-order valence-corrected chi connectivity index (χ1v) is 10.9. The van der Waals surface area contributed by atoms with E-state index >= 15 is 4.39 Å². The first-order valence-electron chi connectivity index (χ1n) is 10.9. The van der Waals surface area contributed by atoms with E-state index in [1.807, 2.05) is 50.5 Å². The number of anilines is 1. The molecule has 0 radical (unpaired) electrons. The smallest absolute Gasteiger partial charge is 0.162 e. The Balaban J connectivity index is 1.76. The van der Waals surface area contributed by atoms with Gasteiger partial charge in [-0.15, -0.1) is 10.2 Å². The van der Waals surface area contributed by atoms with Crippen LogP contribution in [0, 0.1) is 31.5 Å². The third kappa shape index (κ3) is 3.30. The molecule has 0 unspecified atom stereocenters. The predicted octanol–water partition coefficient (Wildman–Crippen LogP) is 4.95. The normalized spacial score (nSPS) is 14.3. The fourth-order valence-corrected chi connectivity index (χ4v) is 4.59. The van der Waals surface area contributed by atoms with Gasteiger partial charge in [-0.3, -0.25) is 4.57 Å². The molecule has 1 aliphatic heterocycles. The SMILES string of the molecule is Cc1c(-c2cccc3c(C#CC(C)(C)O)c[nH]c23)c(F)cc2c1-n1c(C)nnc1C(C)(C)N2. The Hall–Kier alpha value is -3.63. The van der Waals surface area contributed by atoms with Crippen LogP contribution in [0.2, 0.25) is 0 Å². The second-order valence-electron chi connectivity index (χ2n) is 9.65. The number of para-hydroxylation sites is 1. The molecule has 168 valence electrons. The van der Waals surface area contributed by atoms with Crippen molar-refractivity contribution < 1.29 is 9.50 Å². The maximum atomic E-state index is 15.7. The molecule has 0 saturated heterocycles. The lowest BCUT2D eigenvalue weighted by atomic mass is 9.92. The number of benzene rings is 2. The van der Waals surface area contributed by atoms with E-state index in [0.717, 1.165) is 44.9 Å². The van der Waals surface area contributed by atoms with Crippen LogP contribution < -0.4 is 5.32 Å². The number of aromatic nitrogens is 4. The first kappa shape index (κ1) is 21.2. The topological polar surface area (TPSA) is 78.8 Å². The van der Waals surface area contributed by atoms with Crippen LogP contribution in [-0.4, -0.2) is 30.5 Å². The van der Waals surface area contributed by atoms with Crippen molar-refractivity contribution in [1.29, 1.82) is 0 Å². The largest absolute Gasteiger partial charge is 0.378 e. The lowest BCUT2D eigenvalue weighted by Crippen LogP contribution is -2.36. The molecule has 2 aromatic carbocycles. The van der Waals surface area contributed by atoms with Crippen LogP contribution in [0.4, 0.5) is 10.1 Å². The van der Waals surface area contributed by atoms with Gasteiger partial charge in [-0.05, 0) is 53.2 Å². The Labute approximate surface area is 191 Å². The second kappa shape index (κ2) is 6.93. The van der Waals surface area contributed by atoms with Gasteiger partial charge in [0.25, 0.3) is 0 Å². The van der Waals surface area contributed by atoms with Crippen molar-refractivity contribution in [3.05, 3.63) is 59.1 Å². The summed E-state index contributed by atoms with van der Waals surface area (Å²) in [6.45, 7) is 11.1. The van der Waals surface area contributed by atoms with Crippen molar-refractivity contribution in [3.8, 4) is 28.7 Å². The highest BCUT2D eigenvalue weighted by molar-refractivity contribution is 5.99. The molecule has 0 atom stereocenters. The summed E-state index contributed by atoms with van der Waals surface area (Å²) >= 11 is 0. The Morgan fingerprint density at radius 3 is 2.67 bits per heavy atom. The fraction of sp³-hybridized carbons (Fsp3) is 0.308. The lowest BCUT2D eigenvalue weighted by molar-refractivity contribution is 0.143. The van der Waals surface area contributed by atoms with Gasteiger partial charge < -0.3 is 15.4 Å². The minimum atomic E-state index is -1.10. The monoisotopic (exact) mass is 443 g/mol. The summed E-state index contributed by atoms with van der Waals surface area (Å²) in [7, 11) is 0. The van der Waals surface area contributed by atoms with E-state index in [2.05, 4.69) is 32.3 Å². The average Bonchev–Trinajstić information content (AvgIpc) is 3.30. The molecule has 3 N–H and O–H groups in total.